The van der Waals surface area contributed by atoms with E-state index in [1.165, 1.54) is 24.3 Å². The van der Waals surface area contributed by atoms with Gasteiger partial charge >= 0.3 is 0 Å². The summed E-state index contributed by atoms with van der Waals surface area (Å²) < 4.78 is 1.93. The van der Waals surface area contributed by atoms with Crippen molar-refractivity contribution in [3.63, 3.8) is 0 Å². The van der Waals surface area contributed by atoms with Crippen molar-refractivity contribution in [1.29, 1.82) is 0 Å². The van der Waals surface area contributed by atoms with Gasteiger partial charge in [0.05, 0.1) is 15.5 Å². The van der Waals surface area contributed by atoms with Crippen molar-refractivity contribution in [2.45, 2.75) is 26.7 Å². The number of rotatable bonds is 4. The summed E-state index contributed by atoms with van der Waals surface area (Å²) in [7, 11) is 0. The Bertz CT molecular complexity index is 1170. The van der Waals surface area contributed by atoms with Crippen LogP contribution in [0.2, 0.25) is 0 Å². The zero-order valence-electron chi connectivity index (χ0n) is 16.5. The Kier molecular flexibility index (Phi) is 4.49. The lowest BCUT2D eigenvalue weighted by Gasteiger charge is -2.30. The average molecular weight is 405 g/mol. The number of hydrogen-bond acceptors (Lipinski definition) is 5. The molecule has 0 N–H and O–H groups in total. The van der Waals surface area contributed by atoms with Crippen molar-refractivity contribution in [2.75, 3.05) is 0 Å². The topological polar surface area (TPSA) is 108 Å². The van der Waals surface area contributed by atoms with Gasteiger partial charge in [-0.1, -0.05) is 13.8 Å². The van der Waals surface area contributed by atoms with Crippen molar-refractivity contribution < 1.29 is 14.6 Å². The maximum Gasteiger partial charge on any atom is 0.269 e. The Morgan fingerprint density at radius 1 is 0.867 bits per heavy atom. The van der Waals surface area contributed by atoms with Gasteiger partial charge in [0.25, 0.3) is 11.4 Å². The molecule has 0 saturated carbocycles. The number of Topliss-reactive ketones (excluding diaryl/α,β-unsaturated/α-hetero) is 1. The van der Waals surface area contributed by atoms with E-state index in [9.17, 15) is 25.0 Å². The summed E-state index contributed by atoms with van der Waals surface area (Å²) in [6.45, 7) is 4.07. The maximum atomic E-state index is 12.8. The van der Waals surface area contributed by atoms with Crippen LogP contribution < -0.4 is 0 Å². The Balaban J connectivity index is 1.93. The van der Waals surface area contributed by atoms with E-state index in [1.807, 2.05) is 24.5 Å². The number of hydrogen-bond donors (Lipinski definition) is 0. The van der Waals surface area contributed by atoms with Crippen LogP contribution in [0.3, 0.4) is 0 Å². The van der Waals surface area contributed by atoms with Crippen molar-refractivity contribution in [1.82, 2.24) is 4.57 Å². The van der Waals surface area contributed by atoms with Crippen molar-refractivity contribution in [2.24, 2.45) is 5.41 Å². The lowest BCUT2D eigenvalue weighted by Crippen LogP contribution is -2.27. The van der Waals surface area contributed by atoms with Crippen molar-refractivity contribution >= 4 is 17.2 Å². The van der Waals surface area contributed by atoms with E-state index in [-0.39, 0.29) is 22.6 Å². The molecule has 0 aliphatic heterocycles. The van der Waals surface area contributed by atoms with Crippen molar-refractivity contribution in [3.05, 3.63) is 86.1 Å². The Morgan fingerprint density at radius 3 is 1.93 bits per heavy atom. The van der Waals surface area contributed by atoms with E-state index >= 15 is 0 Å². The maximum absolute atomic E-state index is 12.8. The van der Waals surface area contributed by atoms with E-state index in [1.54, 1.807) is 24.3 Å². The van der Waals surface area contributed by atoms with E-state index in [0.29, 0.717) is 24.1 Å². The highest BCUT2D eigenvalue weighted by Crippen LogP contribution is 2.40. The molecule has 2 aromatic carbocycles. The van der Waals surface area contributed by atoms with Crippen LogP contribution in [0.25, 0.3) is 16.9 Å². The molecule has 4 rings (SSSR count). The third kappa shape index (κ3) is 3.36. The average Bonchev–Trinajstić information content (AvgIpc) is 3.06. The Hall–Kier alpha value is -3.81. The van der Waals surface area contributed by atoms with Crippen LogP contribution in [-0.2, 0) is 6.42 Å². The van der Waals surface area contributed by atoms with Crippen LogP contribution in [0, 0.1) is 25.6 Å². The number of benzene rings is 2. The molecular formula is C22H19N3O5. The zero-order chi connectivity index (χ0) is 21.6. The Morgan fingerprint density at radius 2 is 1.40 bits per heavy atom. The number of nitro benzene ring substituents is 2. The Labute approximate surface area is 172 Å². The van der Waals surface area contributed by atoms with Crippen LogP contribution in [0.15, 0.2) is 54.6 Å². The molecule has 8 nitrogen and oxygen atoms in total. The highest BCUT2D eigenvalue weighted by Gasteiger charge is 2.35. The summed E-state index contributed by atoms with van der Waals surface area (Å²) in [5.74, 6) is 0.0464. The quantitative estimate of drug-likeness (QED) is 0.442. The zero-order valence-corrected chi connectivity index (χ0v) is 16.5. The second-order valence-electron chi connectivity index (χ2n) is 8.24. The molecule has 1 aliphatic carbocycles. The molecule has 0 amide bonds. The van der Waals surface area contributed by atoms with Gasteiger partial charge in [0.2, 0.25) is 0 Å². The monoisotopic (exact) mass is 405 g/mol. The predicted molar refractivity (Wildman–Crippen MR) is 111 cm³/mol. The molecule has 0 atom stereocenters. The normalized spacial score (nSPS) is 14.9. The van der Waals surface area contributed by atoms with E-state index in [0.717, 1.165) is 17.0 Å². The minimum absolute atomic E-state index is 0.0193. The summed E-state index contributed by atoms with van der Waals surface area (Å²) in [4.78, 5) is 33.9. The van der Waals surface area contributed by atoms with Crippen LogP contribution >= 0.6 is 0 Å². The molecule has 1 aliphatic rings. The fourth-order valence-corrected chi connectivity index (χ4v) is 4.00. The first-order valence-electron chi connectivity index (χ1n) is 9.44. The molecule has 30 heavy (non-hydrogen) atoms. The van der Waals surface area contributed by atoms with E-state index in [4.69, 9.17) is 0 Å². The SMILES string of the molecule is CC1(C)CC(=O)c2cc(-c3ccc([N+](=O)[O-])cc3)n(-c3ccc([N+](=O)[O-])cc3)c2C1. The van der Waals surface area contributed by atoms with Crippen LogP contribution in [-0.4, -0.2) is 20.2 Å². The number of carbonyl (C=O) groups is 1. The molecule has 8 heteroatoms. The lowest BCUT2D eigenvalue weighted by molar-refractivity contribution is -0.385. The van der Waals surface area contributed by atoms with Gasteiger partial charge in [-0.25, -0.2) is 0 Å². The molecule has 1 aromatic heterocycles. The number of carbonyl (C=O) groups excluding carboxylic acids is 1. The molecule has 0 fully saturated rings. The number of fused-ring (bicyclic) bond motifs is 1. The number of aromatic nitrogens is 1. The summed E-state index contributed by atoms with van der Waals surface area (Å²) in [6.07, 6.45) is 1.10. The number of non-ortho nitro benzene ring substituents is 2. The smallest absolute Gasteiger partial charge is 0.269 e. The molecule has 0 radical (unpaired) electrons. The second-order valence-corrected chi connectivity index (χ2v) is 8.24. The summed E-state index contributed by atoms with van der Waals surface area (Å²) in [5, 5.41) is 22.0. The first-order chi connectivity index (χ1) is 14.2. The van der Waals surface area contributed by atoms with Gasteiger partial charge in [-0.15, -0.1) is 0 Å². The fourth-order valence-electron chi connectivity index (χ4n) is 4.00. The molecule has 0 bridgehead atoms. The van der Waals surface area contributed by atoms with Crippen LogP contribution in [0.5, 0.6) is 0 Å². The predicted octanol–water partition coefficient (Wildman–Crippen LogP) is 5.12. The second kappa shape index (κ2) is 6.91. The van der Waals surface area contributed by atoms with Gasteiger partial charge in [0.1, 0.15) is 0 Å². The summed E-state index contributed by atoms with van der Waals surface area (Å²) in [6, 6.07) is 14.1. The molecule has 152 valence electrons. The first kappa shape index (κ1) is 19.5. The minimum Gasteiger partial charge on any atom is -0.313 e. The van der Waals surface area contributed by atoms with Gasteiger partial charge in [0, 0.05) is 47.6 Å². The molecule has 3 aromatic rings. The molecule has 0 spiro atoms. The highest BCUT2D eigenvalue weighted by atomic mass is 16.6. The van der Waals surface area contributed by atoms with Crippen LogP contribution in [0.1, 0.15) is 36.3 Å². The van der Waals surface area contributed by atoms with Gasteiger partial charge in [0.15, 0.2) is 5.78 Å². The minimum atomic E-state index is -0.462. The molecule has 0 saturated heterocycles. The lowest BCUT2D eigenvalue weighted by atomic mass is 9.76. The fraction of sp³-hybridized carbons (Fsp3) is 0.227. The van der Waals surface area contributed by atoms with Gasteiger partial charge in [-0.2, -0.15) is 0 Å². The summed E-state index contributed by atoms with van der Waals surface area (Å²) in [5.41, 5.74) is 3.35. The summed E-state index contributed by atoms with van der Waals surface area (Å²) >= 11 is 0. The van der Waals surface area contributed by atoms with Crippen LogP contribution in [0.4, 0.5) is 11.4 Å². The largest absolute Gasteiger partial charge is 0.313 e. The van der Waals surface area contributed by atoms with Gasteiger partial charge in [-0.05, 0) is 47.7 Å². The highest BCUT2D eigenvalue weighted by molar-refractivity contribution is 6.00. The molecule has 1 heterocycles. The number of nitro groups is 2. The third-order valence-corrected chi connectivity index (χ3v) is 5.38. The molecule has 0 unspecified atom stereocenters. The van der Waals surface area contributed by atoms with Crippen molar-refractivity contribution in [3.8, 4) is 16.9 Å². The van der Waals surface area contributed by atoms with Gasteiger partial charge in [-0.3, -0.25) is 25.0 Å². The first-order valence-corrected chi connectivity index (χ1v) is 9.44. The number of nitrogens with zero attached hydrogens (tertiary/aromatic N) is 3. The molecular weight excluding hydrogens is 386 g/mol. The third-order valence-electron chi connectivity index (χ3n) is 5.38. The van der Waals surface area contributed by atoms with Gasteiger partial charge < -0.3 is 4.57 Å². The van der Waals surface area contributed by atoms with E-state index < -0.39 is 9.85 Å². The standard InChI is InChI=1S/C22H19N3O5/c1-22(2)12-20-18(21(26)13-22)11-19(14-3-5-16(6-4-14)24(27)28)23(20)15-7-9-17(10-8-15)25(29)30/h3-11H,12-13H2,1-2H3. The number of ketones is 1. The van der Waals surface area contributed by atoms with E-state index in [2.05, 4.69) is 0 Å².